The maximum Gasteiger partial charge on any atom is 0.407 e. The zero-order chi connectivity index (χ0) is 7.98. The number of nitrogens with zero attached hydrogens (tertiary/aromatic N) is 1. The Hall–Kier alpha value is -0.710. The molecule has 0 bridgehead atoms. The molecule has 0 rings (SSSR count). The second-order valence-corrected chi connectivity index (χ2v) is 2.36. The van der Waals surface area contributed by atoms with Crippen LogP contribution in [-0.2, 0) is 0 Å². The molecule has 0 saturated heterocycles. The Balaban J connectivity index is 3.71. The minimum atomic E-state index is -1.05. The van der Waals surface area contributed by atoms with E-state index in [1.54, 1.807) is 19.4 Å². The molecule has 1 unspecified atom stereocenters. The van der Waals surface area contributed by atoms with Gasteiger partial charge < -0.3 is 5.11 Å². The number of nitrogens with one attached hydrogen (secondary N) is 1. The molecule has 0 aromatic rings. The molecule has 2 N–H and O–H groups in total. The van der Waals surface area contributed by atoms with E-state index in [2.05, 4.69) is 10.3 Å². The van der Waals surface area contributed by atoms with E-state index in [9.17, 15) is 4.79 Å². The zero-order valence-electron chi connectivity index (χ0n) is 5.87. The lowest BCUT2D eigenvalue weighted by atomic mass is 10.8. The quantitative estimate of drug-likeness (QED) is 0.480. The van der Waals surface area contributed by atoms with Crippen molar-refractivity contribution in [2.75, 3.05) is 6.26 Å². The van der Waals surface area contributed by atoms with Crippen LogP contribution in [0.5, 0.6) is 0 Å². The van der Waals surface area contributed by atoms with E-state index < -0.39 is 6.09 Å². The SMILES string of the molecule is CC=NC(NC(=O)O)SC. The van der Waals surface area contributed by atoms with Gasteiger partial charge in [0.15, 0.2) is 5.50 Å². The molecule has 0 spiro atoms. The number of carbonyl (C=O) groups is 1. The Morgan fingerprint density at radius 3 is 2.80 bits per heavy atom. The number of thioether (sulfide) groups is 1. The molecule has 0 aromatic carbocycles. The average Bonchev–Trinajstić information content (AvgIpc) is 1.86. The lowest BCUT2D eigenvalue weighted by Gasteiger charge is -2.06. The van der Waals surface area contributed by atoms with Gasteiger partial charge in [0.25, 0.3) is 0 Å². The first kappa shape index (κ1) is 9.29. The molecular weight excluding hydrogens is 152 g/mol. The van der Waals surface area contributed by atoms with Crippen LogP contribution in [-0.4, -0.2) is 29.2 Å². The van der Waals surface area contributed by atoms with Crippen LogP contribution in [0.15, 0.2) is 4.99 Å². The van der Waals surface area contributed by atoms with Gasteiger partial charge in [0, 0.05) is 0 Å². The molecule has 0 radical (unpaired) electrons. The lowest BCUT2D eigenvalue weighted by molar-refractivity contribution is 0.194. The normalized spacial score (nSPS) is 13.4. The van der Waals surface area contributed by atoms with E-state index in [4.69, 9.17) is 5.11 Å². The molecule has 0 saturated carbocycles. The van der Waals surface area contributed by atoms with E-state index in [-0.39, 0.29) is 5.50 Å². The summed E-state index contributed by atoms with van der Waals surface area (Å²) in [4.78, 5) is 13.9. The Labute approximate surface area is 63.7 Å². The number of carboxylic acid groups (broad SMARTS) is 1. The molecule has 0 aromatic heterocycles. The fraction of sp³-hybridized carbons (Fsp3) is 0.600. The third-order valence-electron chi connectivity index (χ3n) is 0.755. The molecule has 5 heteroatoms. The second-order valence-electron chi connectivity index (χ2n) is 1.44. The molecule has 58 valence electrons. The Kier molecular flexibility index (Phi) is 4.74. The van der Waals surface area contributed by atoms with Crippen LogP contribution in [0, 0.1) is 0 Å². The summed E-state index contributed by atoms with van der Waals surface area (Å²) in [5.41, 5.74) is -0.373. The second kappa shape index (κ2) is 5.10. The summed E-state index contributed by atoms with van der Waals surface area (Å²) >= 11 is 1.33. The largest absolute Gasteiger partial charge is 0.465 e. The van der Waals surface area contributed by atoms with Crippen molar-refractivity contribution in [3.05, 3.63) is 0 Å². The number of amides is 1. The highest BCUT2D eigenvalue weighted by Gasteiger charge is 2.04. The van der Waals surface area contributed by atoms with Gasteiger partial charge in [-0.2, -0.15) is 0 Å². The molecule has 1 amide bonds. The molecule has 0 heterocycles. The number of hydrogen-bond acceptors (Lipinski definition) is 3. The summed E-state index contributed by atoms with van der Waals surface area (Å²) in [6.07, 6.45) is 2.30. The summed E-state index contributed by atoms with van der Waals surface area (Å²) in [6, 6.07) is 0. The summed E-state index contributed by atoms with van der Waals surface area (Å²) in [5, 5.41) is 10.5. The highest BCUT2D eigenvalue weighted by molar-refractivity contribution is 7.99. The van der Waals surface area contributed by atoms with Gasteiger partial charge in [0.1, 0.15) is 0 Å². The van der Waals surface area contributed by atoms with E-state index in [0.717, 1.165) is 0 Å². The van der Waals surface area contributed by atoms with Crippen molar-refractivity contribution >= 4 is 24.1 Å². The number of aliphatic imine (C=N–C) groups is 1. The van der Waals surface area contributed by atoms with Crippen molar-refractivity contribution in [3.8, 4) is 0 Å². The van der Waals surface area contributed by atoms with Crippen molar-refractivity contribution < 1.29 is 9.90 Å². The standard InChI is InChI=1S/C5H10N2O2S/c1-3-6-4(10-2)7-5(8)9/h3-4,7H,1-2H3,(H,8,9). The van der Waals surface area contributed by atoms with Crippen LogP contribution in [0.25, 0.3) is 0 Å². The first-order valence-electron chi connectivity index (χ1n) is 2.70. The molecule has 0 aliphatic rings. The maximum atomic E-state index is 10.0. The third kappa shape index (κ3) is 4.20. The Morgan fingerprint density at radius 1 is 1.90 bits per heavy atom. The summed E-state index contributed by atoms with van der Waals surface area (Å²) < 4.78 is 0. The van der Waals surface area contributed by atoms with Crippen molar-refractivity contribution in [3.63, 3.8) is 0 Å². The van der Waals surface area contributed by atoms with Crippen LogP contribution < -0.4 is 5.32 Å². The molecule has 10 heavy (non-hydrogen) atoms. The topological polar surface area (TPSA) is 61.7 Å². The van der Waals surface area contributed by atoms with Gasteiger partial charge in [0.2, 0.25) is 0 Å². The van der Waals surface area contributed by atoms with Gasteiger partial charge in [-0.3, -0.25) is 10.3 Å². The van der Waals surface area contributed by atoms with E-state index >= 15 is 0 Å². The minimum absolute atomic E-state index is 0.373. The van der Waals surface area contributed by atoms with Gasteiger partial charge in [-0.1, -0.05) is 0 Å². The van der Waals surface area contributed by atoms with Crippen LogP contribution in [0.3, 0.4) is 0 Å². The predicted molar refractivity (Wildman–Crippen MR) is 42.6 cm³/mol. The number of hydrogen-bond donors (Lipinski definition) is 2. The smallest absolute Gasteiger partial charge is 0.407 e. The summed E-state index contributed by atoms with van der Waals surface area (Å²) in [7, 11) is 0. The van der Waals surface area contributed by atoms with E-state index in [1.807, 2.05) is 0 Å². The van der Waals surface area contributed by atoms with Crippen molar-refractivity contribution in [2.45, 2.75) is 12.4 Å². The van der Waals surface area contributed by atoms with Crippen molar-refractivity contribution in [1.82, 2.24) is 5.32 Å². The first-order valence-corrected chi connectivity index (χ1v) is 3.99. The van der Waals surface area contributed by atoms with Crippen molar-refractivity contribution in [2.24, 2.45) is 4.99 Å². The Bertz CT molecular complexity index is 138. The zero-order valence-corrected chi connectivity index (χ0v) is 6.68. The third-order valence-corrected chi connectivity index (χ3v) is 1.44. The van der Waals surface area contributed by atoms with Gasteiger partial charge in [-0.25, -0.2) is 4.79 Å². The highest BCUT2D eigenvalue weighted by Crippen LogP contribution is 2.02. The van der Waals surface area contributed by atoms with E-state index in [0.29, 0.717) is 0 Å². The van der Waals surface area contributed by atoms with Gasteiger partial charge in [-0.05, 0) is 19.4 Å². The molecule has 4 nitrogen and oxygen atoms in total. The Morgan fingerprint density at radius 2 is 2.50 bits per heavy atom. The molecular formula is C5H10N2O2S. The molecule has 0 aliphatic carbocycles. The fourth-order valence-electron chi connectivity index (χ4n) is 0.398. The highest BCUT2D eigenvalue weighted by atomic mass is 32.2. The van der Waals surface area contributed by atoms with Crippen LogP contribution >= 0.6 is 11.8 Å². The van der Waals surface area contributed by atoms with Gasteiger partial charge in [-0.15, -0.1) is 11.8 Å². The molecule has 0 aliphatic heterocycles. The maximum absolute atomic E-state index is 10.0. The van der Waals surface area contributed by atoms with Crippen LogP contribution in [0.2, 0.25) is 0 Å². The molecule has 0 fully saturated rings. The molecule has 1 atom stereocenters. The van der Waals surface area contributed by atoms with Gasteiger partial charge >= 0.3 is 6.09 Å². The summed E-state index contributed by atoms with van der Waals surface area (Å²) in [6.45, 7) is 1.74. The monoisotopic (exact) mass is 162 g/mol. The van der Waals surface area contributed by atoms with Crippen LogP contribution in [0.4, 0.5) is 4.79 Å². The van der Waals surface area contributed by atoms with Crippen LogP contribution in [0.1, 0.15) is 6.92 Å². The van der Waals surface area contributed by atoms with Crippen molar-refractivity contribution in [1.29, 1.82) is 0 Å². The fourth-order valence-corrected chi connectivity index (χ4v) is 0.860. The summed E-state index contributed by atoms with van der Waals surface area (Å²) in [5.74, 6) is 0. The van der Waals surface area contributed by atoms with Gasteiger partial charge in [0.05, 0.1) is 0 Å². The number of rotatable bonds is 3. The predicted octanol–water partition coefficient (Wildman–Crippen LogP) is 0.991. The lowest BCUT2D eigenvalue weighted by Crippen LogP contribution is -2.29. The average molecular weight is 162 g/mol. The minimum Gasteiger partial charge on any atom is -0.465 e. The first-order chi connectivity index (χ1) is 4.70. The van der Waals surface area contributed by atoms with E-state index in [1.165, 1.54) is 11.8 Å².